The van der Waals surface area contributed by atoms with E-state index in [1.165, 1.54) is 12.4 Å². The van der Waals surface area contributed by atoms with Crippen LogP contribution in [0, 0.1) is 0 Å². The number of aromatic nitrogens is 2. The van der Waals surface area contributed by atoms with Crippen molar-refractivity contribution in [1.29, 1.82) is 0 Å². The molecule has 0 amide bonds. The molecule has 0 aliphatic carbocycles. The van der Waals surface area contributed by atoms with E-state index in [2.05, 4.69) is 9.97 Å². The highest BCUT2D eigenvalue weighted by Crippen LogP contribution is 1.97. The van der Waals surface area contributed by atoms with Gasteiger partial charge in [0.05, 0.1) is 23.8 Å². The smallest absolute Gasteiger partial charge is 0.0827 e. The average Bonchev–Trinajstić information content (AvgIpc) is 2.09. The zero-order chi connectivity index (χ0) is 8.81. The molecule has 1 rings (SSSR count). The topological polar surface area (TPSA) is 77.8 Å². The number of hydrogen-bond acceptors (Lipinski definition) is 4. The standard InChI is InChI=1S/C8H10N4/c9-3-1-7-5-12-8(2-4-10)6-11-7/h1-6H,9-10H2. The lowest BCUT2D eigenvalue weighted by atomic mass is 10.4. The van der Waals surface area contributed by atoms with E-state index in [-0.39, 0.29) is 0 Å². The van der Waals surface area contributed by atoms with Gasteiger partial charge in [0.25, 0.3) is 0 Å². The minimum atomic E-state index is 0.728. The summed E-state index contributed by atoms with van der Waals surface area (Å²) in [6, 6.07) is 0. The maximum absolute atomic E-state index is 5.17. The van der Waals surface area contributed by atoms with Crippen LogP contribution in [0.15, 0.2) is 24.8 Å². The first-order valence-corrected chi connectivity index (χ1v) is 3.45. The lowest BCUT2D eigenvalue weighted by molar-refractivity contribution is 1.16. The van der Waals surface area contributed by atoms with Crippen LogP contribution in [0.25, 0.3) is 12.2 Å². The second kappa shape index (κ2) is 4.12. The predicted molar refractivity (Wildman–Crippen MR) is 48.5 cm³/mol. The van der Waals surface area contributed by atoms with E-state index in [4.69, 9.17) is 11.5 Å². The summed E-state index contributed by atoms with van der Waals surface area (Å²) in [5.74, 6) is 0. The average molecular weight is 162 g/mol. The molecule has 0 atom stereocenters. The fourth-order valence-electron chi connectivity index (χ4n) is 0.717. The van der Waals surface area contributed by atoms with Crippen LogP contribution in [-0.4, -0.2) is 9.97 Å². The molecule has 0 aliphatic heterocycles. The molecule has 4 N–H and O–H groups in total. The van der Waals surface area contributed by atoms with Crippen molar-refractivity contribution in [3.05, 3.63) is 36.2 Å². The molecule has 0 radical (unpaired) electrons. The summed E-state index contributed by atoms with van der Waals surface area (Å²) >= 11 is 0. The minimum absolute atomic E-state index is 0.728. The Morgan fingerprint density at radius 1 is 0.917 bits per heavy atom. The lowest BCUT2D eigenvalue weighted by Crippen LogP contribution is -1.88. The molecule has 0 aromatic carbocycles. The molecule has 0 spiro atoms. The third-order valence-corrected chi connectivity index (χ3v) is 1.23. The first kappa shape index (κ1) is 8.26. The Balaban J connectivity index is 2.85. The molecule has 1 heterocycles. The van der Waals surface area contributed by atoms with E-state index >= 15 is 0 Å². The quantitative estimate of drug-likeness (QED) is 0.657. The molecule has 0 saturated carbocycles. The lowest BCUT2D eigenvalue weighted by Gasteiger charge is -1.92. The van der Waals surface area contributed by atoms with Crippen LogP contribution in [0.2, 0.25) is 0 Å². The van der Waals surface area contributed by atoms with Gasteiger partial charge in [-0.2, -0.15) is 0 Å². The minimum Gasteiger partial charge on any atom is -0.405 e. The van der Waals surface area contributed by atoms with Crippen LogP contribution in [0.4, 0.5) is 0 Å². The SMILES string of the molecule is NC=Cc1cnc(C=CN)cn1. The molecule has 1 aromatic rings. The van der Waals surface area contributed by atoms with Gasteiger partial charge in [-0.1, -0.05) is 0 Å². The normalized spacial score (nSPS) is 11.3. The molecule has 0 bridgehead atoms. The third-order valence-electron chi connectivity index (χ3n) is 1.23. The van der Waals surface area contributed by atoms with Gasteiger partial charge in [0.1, 0.15) is 0 Å². The Morgan fingerprint density at radius 3 is 1.58 bits per heavy atom. The Labute approximate surface area is 70.6 Å². The number of rotatable bonds is 2. The van der Waals surface area contributed by atoms with Gasteiger partial charge < -0.3 is 11.5 Å². The number of nitrogens with zero attached hydrogens (tertiary/aromatic N) is 2. The van der Waals surface area contributed by atoms with Crippen LogP contribution in [-0.2, 0) is 0 Å². The van der Waals surface area contributed by atoms with Crippen molar-refractivity contribution < 1.29 is 0 Å². The summed E-state index contributed by atoms with van der Waals surface area (Å²) in [5.41, 5.74) is 11.8. The van der Waals surface area contributed by atoms with Crippen molar-refractivity contribution >= 4 is 12.2 Å². The van der Waals surface area contributed by atoms with Gasteiger partial charge >= 0.3 is 0 Å². The summed E-state index contributed by atoms with van der Waals surface area (Å²) in [5, 5.41) is 0. The highest BCUT2D eigenvalue weighted by atomic mass is 14.8. The third kappa shape index (κ3) is 2.09. The number of hydrogen-bond donors (Lipinski definition) is 2. The zero-order valence-corrected chi connectivity index (χ0v) is 6.51. The maximum Gasteiger partial charge on any atom is 0.0827 e. The molecule has 12 heavy (non-hydrogen) atoms. The van der Waals surface area contributed by atoms with Crippen molar-refractivity contribution in [2.75, 3.05) is 0 Å². The van der Waals surface area contributed by atoms with E-state index < -0.39 is 0 Å². The monoisotopic (exact) mass is 162 g/mol. The van der Waals surface area contributed by atoms with Crippen molar-refractivity contribution in [2.24, 2.45) is 11.5 Å². The summed E-state index contributed by atoms with van der Waals surface area (Å²) < 4.78 is 0. The molecule has 62 valence electrons. The van der Waals surface area contributed by atoms with Gasteiger partial charge in [-0.05, 0) is 24.6 Å². The van der Waals surface area contributed by atoms with E-state index in [9.17, 15) is 0 Å². The second-order valence-electron chi connectivity index (χ2n) is 2.08. The Kier molecular flexibility index (Phi) is 2.84. The summed E-state index contributed by atoms with van der Waals surface area (Å²) in [6.45, 7) is 0. The van der Waals surface area contributed by atoms with Gasteiger partial charge in [0.2, 0.25) is 0 Å². The molecule has 0 unspecified atom stereocenters. The molecule has 4 nitrogen and oxygen atoms in total. The Hall–Kier alpha value is -1.84. The van der Waals surface area contributed by atoms with Gasteiger partial charge in [0.15, 0.2) is 0 Å². The van der Waals surface area contributed by atoms with Crippen LogP contribution in [0.5, 0.6) is 0 Å². The van der Waals surface area contributed by atoms with E-state index in [1.807, 2.05) is 0 Å². The van der Waals surface area contributed by atoms with Crippen molar-refractivity contribution in [1.82, 2.24) is 9.97 Å². The molecule has 0 aliphatic rings. The Morgan fingerprint density at radius 2 is 1.33 bits per heavy atom. The van der Waals surface area contributed by atoms with Gasteiger partial charge in [-0.15, -0.1) is 0 Å². The van der Waals surface area contributed by atoms with Crippen LogP contribution in [0.1, 0.15) is 11.4 Å². The summed E-state index contributed by atoms with van der Waals surface area (Å²) in [6.07, 6.45) is 9.42. The van der Waals surface area contributed by atoms with E-state index in [0.29, 0.717) is 0 Å². The van der Waals surface area contributed by atoms with E-state index in [1.54, 1.807) is 24.5 Å². The summed E-state index contributed by atoms with van der Waals surface area (Å²) in [4.78, 5) is 8.10. The molecule has 4 heteroatoms. The molecular formula is C8H10N4. The second-order valence-corrected chi connectivity index (χ2v) is 2.08. The maximum atomic E-state index is 5.17. The molecule has 0 saturated heterocycles. The Bertz CT molecular complexity index is 255. The zero-order valence-electron chi connectivity index (χ0n) is 6.51. The van der Waals surface area contributed by atoms with Crippen molar-refractivity contribution in [3.63, 3.8) is 0 Å². The fraction of sp³-hybridized carbons (Fsp3) is 0. The van der Waals surface area contributed by atoms with Crippen LogP contribution < -0.4 is 11.5 Å². The van der Waals surface area contributed by atoms with Crippen molar-refractivity contribution in [2.45, 2.75) is 0 Å². The van der Waals surface area contributed by atoms with Crippen LogP contribution in [0.3, 0.4) is 0 Å². The highest BCUT2D eigenvalue weighted by molar-refractivity contribution is 5.46. The van der Waals surface area contributed by atoms with Gasteiger partial charge in [-0.3, -0.25) is 9.97 Å². The first-order chi connectivity index (χ1) is 5.86. The molecular weight excluding hydrogens is 152 g/mol. The first-order valence-electron chi connectivity index (χ1n) is 3.45. The highest BCUT2D eigenvalue weighted by Gasteiger charge is 1.89. The predicted octanol–water partition coefficient (Wildman–Crippen LogP) is 0.335. The molecule has 0 fully saturated rings. The van der Waals surface area contributed by atoms with Gasteiger partial charge in [-0.25, -0.2) is 0 Å². The fourth-order valence-corrected chi connectivity index (χ4v) is 0.717. The van der Waals surface area contributed by atoms with Crippen molar-refractivity contribution in [3.8, 4) is 0 Å². The largest absolute Gasteiger partial charge is 0.405 e. The van der Waals surface area contributed by atoms with E-state index in [0.717, 1.165) is 11.4 Å². The molecule has 1 aromatic heterocycles. The van der Waals surface area contributed by atoms with Gasteiger partial charge in [0, 0.05) is 0 Å². The summed E-state index contributed by atoms with van der Waals surface area (Å²) in [7, 11) is 0. The van der Waals surface area contributed by atoms with Crippen LogP contribution >= 0.6 is 0 Å². The number of nitrogens with two attached hydrogens (primary N) is 2.